The summed E-state index contributed by atoms with van der Waals surface area (Å²) in [4.78, 5) is 44.0. The second-order valence-corrected chi connectivity index (χ2v) is 9.20. The van der Waals surface area contributed by atoms with E-state index < -0.39 is 0 Å². The number of fused-ring (bicyclic) bond motifs is 1. The molecule has 3 aromatic rings. The molecule has 0 aliphatic carbocycles. The zero-order valence-electron chi connectivity index (χ0n) is 21.0. The molecule has 3 rings (SSSR count). The van der Waals surface area contributed by atoms with Gasteiger partial charge in [-0.1, -0.05) is 44.2 Å². The standard InChI is InChI=1S/C26H33N3O4S.ClH/c1-6-28(7-2)15-14-27(5)26(32)24-23(33-8-3)22-21(34-24)16-18(4)29(25(22)31)17-20(30)19-12-10-9-11-13-19;/h9-13,16H,6-8,14-15,17H2,1-5H3;1H. The van der Waals surface area contributed by atoms with E-state index in [0.29, 0.717) is 45.1 Å². The quantitative estimate of drug-likeness (QED) is 0.349. The minimum Gasteiger partial charge on any atom is -0.491 e. The molecule has 7 nitrogen and oxygen atoms in total. The van der Waals surface area contributed by atoms with Crippen LogP contribution in [0.15, 0.2) is 41.2 Å². The lowest BCUT2D eigenvalue weighted by atomic mass is 10.1. The molecule has 0 spiro atoms. The highest BCUT2D eigenvalue weighted by Gasteiger charge is 2.26. The summed E-state index contributed by atoms with van der Waals surface area (Å²) in [5.74, 6) is -0.000328. The van der Waals surface area contributed by atoms with Gasteiger partial charge in [0.05, 0.1) is 13.2 Å². The highest BCUT2D eigenvalue weighted by Crippen LogP contribution is 2.37. The van der Waals surface area contributed by atoms with E-state index in [1.54, 1.807) is 43.1 Å². The first kappa shape index (κ1) is 28.6. The van der Waals surface area contributed by atoms with Gasteiger partial charge < -0.3 is 19.1 Å². The van der Waals surface area contributed by atoms with Crippen LogP contribution in [0.3, 0.4) is 0 Å². The van der Waals surface area contributed by atoms with Crippen molar-refractivity contribution in [1.29, 1.82) is 0 Å². The van der Waals surface area contributed by atoms with Crippen molar-refractivity contribution in [1.82, 2.24) is 14.4 Å². The molecule has 0 aliphatic rings. The van der Waals surface area contributed by atoms with Gasteiger partial charge >= 0.3 is 0 Å². The number of pyridine rings is 1. The van der Waals surface area contributed by atoms with E-state index in [1.807, 2.05) is 19.1 Å². The second kappa shape index (κ2) is 12.9. The Morgan fingerprint density at radius 3 is 2.31 bits per heavy atom. The highest BCUT2D eigenvalue weighted by molar-refractivity contribution is 7.21. The van der Waals surface area contributed by atoms with Crippen LogP contribution in [-0.4, -0.2) is 65.9 Å². The number of thiophene rings is 1. The number of aryl methyl sites for hydroxylation is 1. The SMILES string of the molecule is CCOc1c(C(=O)N(C)CCN(CC)CC)sc2cc(C)n(CC(=O)c3ccccc3)c(=O)c12.Cl. The number of Topliss-reactive ketones (excluding diaryl/α,β-unsaturated/α-hetero) is 1. The smallest absolute Gasteiger partial charge is 0.267 e. The summed E-state index contributed by atoms with van der Waals surface area (Å²) in [5, 5.41) is 0.360. The van der Waals surface area contributed by atoms with Gasteiger partial charge in [0.2, 0.25) is 0 Å². The van der Waals surface area contributed by atoms with Crippen molar-refractivity contribution >= 4 is 45.5 Å². The Hall–Kier alpha value is -2.68. The number of rotatable bonds is 11. The molecule has 190 valence electrons. The minimum atomic E-state index is -0.316. The Morgan fingerprint density at radius 1 is 1.06 bits per heavy atom. The maximum Gasteiger partial charge on any atom is 0.267 e. The molecular weight excluding hydrogens is 486 g/mol. The van der Waals surface area contributed by atoms with Gasteiger partial charge in [-0.2, -0.15) is 0 Å². The zero-order chi connectivity index (χ0) is 24.8. The third-order valence-corrected chi connectivity index (χ3v) is 7.10. The molecule has 0 atom stereocenters. The highest BCUT2D eigenvalue weighted by atomic mass is 35.5. The van der Waals surface area contributed by atoms with Crippen molar-refractivity contribution in [3.8, 4) is 5.75 Å². The van der Waals surface area contributed by atoms with Gasteiger partial charge in [0.15, 0.2) is 11.5 Å². The summed E-state index contributed by atoms with van der Waals surface area (Å²) in [7, 11) is 1.77. The van der Waals surface area contributed by atoms with Gasteiger partial charge in [-0.05, 0) is 33.0 Å². The van der Waals surface area contributed by atoms with E-state index in [9.17, 15) is 14.4 Å². The molecule has 2 aromatic heterocycles. The number of hydrogen-bond acceptors (Lipinski definition) is 6. The van der Waals surface area contributed by atoms with Gasteiger partial charge in [0, 0.05) is 36.1 Å². The van der Waals surface area contributed by atoms with Crippen molar-refractivity contribution < 1.29 is 14.3 Å². The molecule has 0 N–H and O–H groups in total. The first-order valence-corrected chi connectivity index (χ1v) is 12.5. The Bertz CT molecular complexity index is 1220. The summed E-state index contributed by atoms with van der Waals surface area (Å²) in [6, 6.07) is 10.8. The monoisotopic (exact) mass is 519 g/mol. The van der Waals surface area contributed by atoms with Crippen LogP contribution in [0.2, 0.25) is 0 Å². The first-order chi connectivity index (χ1) is 16.3. The molecule has 9 heteroatoms. The number of carbonyl (C=O) groups excluding carboxylic acids is 2. The predicted molar refractivity (Wildman–Crippen MR) is 145 cm³/mol. The van der Waals surface area contributed by atoms with Crippen LogP contribution in [0.1, 0.15) is 46.5 Å². The van der Waals surface area contributed by atoms with Crippen LogP contribution < -0.4 is 10.3 Å². The maximum atomic E-state index is 13.5. The lowest BCUT2D eigenvalue weighted by Gasteiger charge is -2.23. The van der Waals surface area contributed by atoms with Crippen LogP contribution in [-0.2, 0) is 6.54 Å². The summed E-state index contributed by atoms with van der Waals surface area (Å²) in [6.07, 6.45) is 0. The molecular formula is C26H34ClN3O4S. The molecule has 0 saturated heterocycles. The van der Waals surface area contributed by atoms with Gasteiger partial charge in [0.25, 0.3) is 11.5 Å². The van der Waals surface area contributed by atoms with Crippen molar-refractivity contribution in [2.45, 2.75) is 34.2 Å². The lowest BCUT2D eigenvalue weighted by Crippen LogP contribution is -2.36. The van der Waals surface area contributed by atoms with Gasteiger partial charge in [-0.25, -0.2) is 0 Å². The van der Waals surface area contributed by atoms with Crippen LogP contribution in [0.25, 0.3) is 10.1 Å². The van der Waals surface area contributed by atoms with Crippen LogP contribution >= 0.6 is 23.7 Å². The summed E-state index contributed by atoms with van der Waals surface area (Å²) < 4.78 is 8.00. The van der Waals surface area contributed by atoms with Crippen LogP contribution in [0, 0.1) is 6.92 Å². The Kier molecular flexibility index (Phi) is 10.5. The van der Waals surface area contributed by atoms with E-state index >= 15 is 0 Å². The molecule has 0 saturated carbocycles. The Morgan fingerprint density at radius 2 is 1.71 bits per heavy atom. The van der Waals surface area contributed by atoms with Crippen molar-refractivity contribution in [3.05, 3.63) is 62.9 Å². The predicted octanol–water partition coefficient (Wildman–Crippen LogP) is 4.49. The molecule has 0 radical (unpaired) electrons. The number of aromatic nitrogens is 1. The van der Waals surface area contributed by atoms with Crippen LogP contribution in [0.4, 0.5) is 0 Å². The number of likely N-dealkylation sites (N-methyl/N-ethyl adjacent to an activating group) is 2. The number of hydrogen-bond donors (Lipinski definition) is 0. The average Bonchev–Trinajstić information content (AvgIpc) is 3.20. The number of halogens is 1. The summed E-state index contributed by atoms with van der Waals surface area (Å²) in [5.41, 5.74) is 0.902. The number of carbonyl (C=O) groups is 2. The summed E-state index contributed by atoms with van der Waals surface area (Å²) >= 11 is 1.27. The maximum absolute atomic E-state index is 13.5. The van der Waals surface area contributed by atoms with Crippen molar-refractivity contribution in [2.24, 2.45) is 0 Å². The van der Waals surface area contributed by atoms with E-state index in [2.05, 4.69) is 18.7 Å². The third kappa shape index (κ3) is 6.31. The number of amides is 1. The fourth-order valence-electron chi connectivity index (χ4n) is 3.88. The lowest BCUT2D eigenvalue weighted by molar-refractivity contribution is 0.0780. The fourth-order valence-corrected chi connectivity index (χ4v) is 5.11. The van der Waals surface area contributed by atoms with Gasteiger partial charge in [0.1, 0.15) is 10.3 Å². The second-order valence-electron chi connectivity index (χ2n) is 8.15. The minimum absolute atomic E-state index is 0. The number of ketones is 1. The normalized spacial score (nSPS) is 10.9. The van der Waals surface area contributed by atoms with E-state index in [0.717, 1.165) is 19.6 Å². The van der Waals surface area contributed by atoms with Gasteiger partial charge in [-0.3, -0.25) is 14.4 Å². The molecule has 2 heterocycles. The zero-order valence-corrected chi connectivity index (χ0v) is 22.6. The average molecular weight is 520 g/mol. The molecule has 0 unspecified atom stereocenters. The van der Waals surface area contributed by atoms with E-state index in [-0.39, 0.29) is 36.2 Å². The molecule has 0 bridgehead atoms. The van der Waals surface area contributed by atoms with E-state index in [4.69, 9.17) is 4.74 Å². The van der Waals surface area contributed by atoms with Gasteiger partial charge in [-0.15, -0.1) is 23.7 Å². The van der Waals surface area contributed by atoms with Crippen LogP contribution in [0.5, 0.6) is 5.75 Å². The molecule has 35 heavy (non-hydrogen) atoms. The van der Waals surface area contributed by atoms with Crippen molar-refractivity contribution in [3.63, 3.8) is 0 Å². The largest absolute Gasteiger partial charge is 0.491 e. The molecule has 0 aliphatic heterocycles. The number of nitrogens with zero attached hydrogens (tertiary/aromatic N) is 3. The fraction of sp³-hybridized carbons (Fsp3) is 0.423. The van der Waals surface area contributed by atoms with Crippen molar-refractivity contribution in [2.75, 3.05) is 39.8 Å². The molecule has 1 aromatic carbocycles. The number of ether oxygens (including phenoxy) is 1. The Balaban J connectivity index is 0.00000432. The summed E-state index contributed by atoms with van der Waals surface area (Å²) in [6.45, 7) is 11.3. The molecule has 0 fully saturated rings. The first-order valence-electron chi connectivity index (χ1n) is 11.7. The van der Waals surface area contributed by atoms with E-state index in [1.165, 1.54) is 15.9 Å². The third-order valence-electron chi connectivity index (χ3n) is 5.99. The Labute approximate surface area is 216 Å². The topological polar surface area (TPSA) is 71.8 Å². The number of benzene rings is 1. The molecule has 1 amide bonds.